The molecule has 0 atom stereocenters. The van der Waals surface area contributed by atoms with Crippen LogP contribution in [0.2, 0.25) is 0 Å². The number of aromatic carboxylic acids is 1. The van der Waals surface area contributed by atoms with Crippen molar-refractivity contribution >= 4 is 18.5 Å². The first-order valence-electron chi connectivity index (χ1n) is 11.9. The predicted molar refractivity (Wildman–Crippen MR) is 129 cm³/mol. The van der Waals surface area contributed by atoms with E-state index in [-0.39, 0.29) is 29.5 Å². The van der Waals surface area contributed by atoms with E-state index in [0.717, 1.165) is 56.5 Å². The molecule has 10 heteroatoms. The molecular formula is C26H22BFN4O4. The van der Waals surface area contributed by atoms with Crippen LogP contribution in [0, 0.1) is 22.5 Å². The maximum atomic E-state index is 13.5. The zero-order chi connectivity index (χ0) is 24.9. The highest BCUT2D eigenvalue weighted by atomic mass is 19.1. The molecule has 1 aliphatic carbocycles. The average molecular weight is 484 g/mol. The van der Waals surface area contributed by atoms with Gasteiger partial charge in [0, 0.05) is 24.5 Å². The van der Waals surface area contributed by atoms with E-state index in [1.165, 1.54) is 29.7 Å². The van der Waals surface area contributed by atoms with Gasteiger partial charge in [0.05, 0.1) is 6.20 Å². The number of benzene rings is 2. The zero-order valence-corrected chi connectivity index (χ0v) is 19.4. The molecular weight excluding hydrogens is 462 g/mol. The number of fused-ring (bicyclic) bond motifs is 1. The summed E-state index contributed by atoms with van der Waals surface area (Å²) in [5.74, 6) is 2.27. The Morgan fingerprint density at radius 3 is 2.81 bits per heavy atom. The van der Waals surface area contributed by atoms with Gasteiger partial charge in [0.1, 0.15) is 35.3 Å². The van der Waals surface area contributed by atoms with E-state index in [4.69, 9.17) is 9.47 Å². The molecule has 1 saturated carbocycles. The summed E-state index contributed by atoms with van der Waals surface area (Å²) >= 11 is 0. The second-order valence-electron chi connectivity index (χ2n) is 9.89. The van der Waals surface area contributed by atoms with Gasteiger partial charge in [-0.15, -0.1) is 0 Å². The number of hydrogen-bond acceptors (Lipinski definition) is 7. The molecule has 1 spiro atoms. The normalized spacial score (nSPS) is 17.7. The minimum Gasteiger partial charge on any atom is -0.490 e. The van der Waals surface area contributed by atoms with Crippen LogP contribution >= 0.6 is 0 Å². The Morgan fingerprint density at radius 1 is 1.19 bits per heavy atom. The van der Waals surface area contributed by atoms with Gasteiger partial charge >= 0.3 is 5.97 Å². The van der Waals surface area contributed by atoms with Crippen LogP contribution in [0.25, 0.3) is 0 Å². The smallest absolute Gasteiger partial charge is 0.339 e. The molecule has 2 aliphatic heterocycles. The number of hydrogen-bond donors (Lipinski definition) is 1. The van der Waals surface area contributed by atoms with Crippen molar-refractivity contribution in [1.82, 2.24) is 9.97 Å². The Morgan fingerprint density at radius 2 is 2.03 bits per heavy atom. The Labute approximate surface area is 207 Å². The summed E-state index contributed by atoms with van der Waals surface area (Å²) in [5, 5.41) is 18.7. The van der Waals surface area contributed by atoms with Crippen LogP contribution in [0.1, 0.15) is 34.3 Å². The van der Waals surface area contributed by atoms with Crippen LogP contribution in [-0.4, -0.2) is 47.0 Å². The summed E-state index contributed by atoms with van der Waals surface area (Å²) in [7, 11) is 0. The fourth-order valence-corrected chi connectivity index (χ4v) is 5.66. The number of nitriles is 1. The lowest BCUT2D eigenvalue weighted by atomic mass is 9.49. The monoisotopic (exact) mass is 484 g/mol. The number of carboxylic acids is 1. The average Bonchev–Trinajstić information content (AvgIpc) is 3.26. The van der Waals surface area contributed by atoms with E-state index >= 15 is 0 Å². The molecule has 1 saturated heterocycles. The first kappa shape index (κ1) is 22.3. The van der Waals surface area contributed by atoms with E-state index in [1.807, 2.05) is 12.1 Å². The molecule has 0 radical (unpaired) electrons. The molecule has 36 heavy (non-hydrogen) atoms. The van der Waals surface area contributed by atoms with Crippen molar-refractivity contribution in [2.45, 2.75) is 31.6 Å². The highest BCUT2D eigenvalue weighted by Crippen LogP contribution is 2.52. The van der Waals surface area contributed by atoms with Crippen LogP contribution in [-0.2, 0) is 12.6 Å². The third-order valence-electron chi connectivity index (χ3n) is 7.35. The van der Waals surface area contributed by atoms with Gasteiger partial charge < -0.3 is 19.5 Å². The third kappa shape index (κ3) is 3.90. The summed E-state index contributed by atoms with van der Waals surface area (Å²) in [6.07, 6.45) is 6.45. The maximum absolute atomic E-state index is 13.5. The number of ether oxygens (including phenoxy) is 2. The van der Waals surface area contributed by atoms with Gasteiger partial charge in [0.15, 0.2) is 11.6 Å². The van der Waals surface area contributed by atoms with E-state index < -0.39 is 11.8 Å². The Hall–Kier alpha value is -4.13. The van der Waals surface area contributed by atoms with Crippen molar-refractivity contribution in [2.75, 3.05) is 18.0 Å². The second-order valence-corrected chi connectivity index (χ2v) is 9.89. The number of carbonyl (C=O) groups is 1. The van der Waals surface area contributed by atoms with E-state index in [9.17, 15) is 19.6 Å². The van der Waals surface area contributed by atoms with Gasteiger partial charge in [-0.25, -0.2) is 24.4 Å². The number of rotatable bonds is 6. The second kappa shape index (κ2) is 8.52. The first-order chi connectivity index (χ1) is 17.4. The number of aromatic nitrogens is 2. The lowest BCUT2D eigenvalue weighted by Gasteiger charge is -2.59. The SMILES string of the molecule is N#CB1Cc2cccc(OC3CC4(C3)CN(c3ncncc3Oc3ccc(F)cc3C(=O)O)C4)c2C1. The highest BCUT2D eigenvalue weighted by Gasteiger charge is 2.54. The molecule has 1 aromatic heterocycles. The fourth-order valence-electron chi connectivity index (χ4n) is 5.66. The number of carboxylic acid groups (broad SMARTS) is 1. The molecule has 3 heterocycles. The molecule has 6 rings (SSSR count). The number of anilines is 1. The Balaban J connectivity index is 1.10. The molecule has 0 unspecified atom stereocenters. The van der Waals surface area contributed by atoms with Gasteiger partial charge in [0.25, 0.3) is 6.71 Å². The third-order valence-corrected chi connectivity index (χ3v) is 7.35. The molecule has 1 N–H and O–H groups in total. The van der Waals surface area contributed by atoms with Gasteiger partial charge in [-0.05, 0) is 60.9 Å². The van der Waals surface area contributed by atoms with Crippen molar-refractivity contribution in [1.29, 1.82) is 5.26 Å². The molecule has 8 nitrogen and oxygen atoms in total. The molecule has 0 bridgehead atoms. The summed E-state index contributed by atoms with van der Waals surface area (Å²) in [6, 6.07) is 9.46. The molecule has 2 aromatic carbocycles. The van der Waals surface area contributed by atoms with Crippen LogP contribution in [0.5, 0.6) is 17.2 Å². The summed E-state index contributed by atoms with van der Waals surface area (Å²) in [6.45, 7) is 1.58. The Kier molecular flexibility index (Phi) is 5.29. The van der Waals surface area contributed by atoms with Gasteiger partial charge in [-0.3, -0.25) is 0 Å². The Bertz CT molecular complexity index is 1400. The van der Waals surface area contributed by atoms with Gasteiger partial charge in [-0.2, -0.15) is 0 Å². The van der Waals surface area contributed by atoms with E-state index in [1.54, 1.807) is 0 Å². The quantitative estimate of drug-likeness (QED) is 0.525. The minimum atomic E-state index is -1.28. The van der Waals surface area contributed by atoms with Crippen molar-refractivity contribution in [2.24, 2.45) is 5.41 Å². The maximum Gasteiger partial charge on any atom is 0.339 e. The van der Waals surface area contributed by atoms with Crippen molar-refractivity contribution in [3.8, 4) is 23.2 Å². The lowest BCUT2D eigenvalue weighted by Crippen LogP contribution is -2.65. The molecule has 2 fully saturated rings. The van der Waals surface area contributed by atoms with Crippen molar-refractivity contribution in [3.05, 3.63) is 71.4 Å². The van der Waals surface area contributed by atoms with Crippen LogP contribution < -0.4 is 14.4 Å². The zero-order valence-electron chi connectivity index (χ0n) is 19.4. The largest absolute Gasteiger partial charge is 0.490 e. The summed E-state index contributed by atoms with van der Waals surface area (Å²) < 4.78 is 25.7. The molecule has 180 valence electrons. The van der Waals surface area contributed by atoms with E-state index in [0.29, 0.717) is 11.6 Å². The predicted octanol–water partition coefficient (Wildman–Crippen LogP) is 3.89. The summed E-state index contributed by atoms with van der Waals surface area (Å²) in [4.78, 5) is 22.0. The van der Waals surface area contributed by atoms with Crippen LogP contribution in [0.15, 0.2) is 48.9 Å². The molecule has 0 amide bonds. The molecule has 3 aromatic rings. The number of halogens is 1. The van der Waals surface area contributed by atoms with Crippen molar-refractivity contribution < 1.29 is 23.8 Å². The minimum absolute atomic E-state index is 0.0290. The van der Waals surface area contributed by atoms with Crippen molar-refractivity contribution in [3.63, 3.8) is 0 Å². The van der Waals surface area contributed by atoms with Gasteiger partial charge in [0.2, 0.25) is 0 Å². The first-order valence-corrected chi connectivity index (χ1v) is 11.9. The number of nitrogens with zero attached hydrogens (tertiary/aromatic N) is 4. The standard InChI is InChI=1S/C26H22BFN4O4/c28-17-4-5-22(19(6-17)25(33)34)36-23-11-30-15-31-24(23)32-12-26(13-32)7-18(8-26)35-21-3-1-2-16-9-27(14-29)10-20(16)21/h1-6,11,15,18H,7-10,12-13H2,(H,33,34). The topological polar surface area (TPSA) is 109 Å². The fraction of sp³-hybridized carbons (Fsp3) is 0.308. The highest BCUT2D eigenvalue weighted by molar-refractivity contribution is 6.67. The van der Waals surface area contributed by atoms with Crippen LogP contribution in [0.4, 0.5) is 10.2 Å². The molecule has 3 aliphatic rings. The van der Waals surface area contributed by atoms with Gasteiger partial charge in [-0.1, -0.05) is 12.1 Å². The van der Waals surface area contributed by atoms with E-state index in [2.05, 4.69) is 26.9 Å². The van der Waals surface area contributed by atoms with Crippen LogP contribution in [0.3, 0.4) is 0 Å². The summed E-state index contributed by atoms with van der Waals surface area (Å²) in [5.41, 5.74) is 2.26. The lowest BCUT2D eigenvalue weighted by molar-refractivity contribution is -0.0347.